The molecule has 0 aromatic rings. The van der Waals surface area contributed by atoms with Crippen LogP contribution in [0.15, 0.2) is 0 Å². The molecular formula is C10H22O3. The second-order valence-electron chi connectivity index (χ2n) is 3.30. The molecule has 0 fully saturated rings. The lowest BCUT2D eigenvalue weighted by atomic mass is 9.99. The van der Waals surface area contributed by atoms with E-state index in [1.165, 1.54) is 0 Å². The Bertz CT molecular complexity index is 106. The maximum absolute atomic E-state index is 8.77. The molecule has 2 atom stereocenters. The minimum absolute atomic E-state index is 0.241. The fraction of sp³-hybridized carbons (Fsp3) is 1.00. The summed E-state index contributed by atoms with van der Waals surface area (Å²) in [6.07, 6.45) is 2.05. The molecule has 0 aliphatic carbocycles. The third kappa shape index (κ3) is 6.02. The molecule has 80 valence electrons. The summed E-state index contributed by atoms with van der Waals surface area (Å²) in [4.78, 5) is 0. The van der Waals surface area contributed by atoms with E-state index in [-0.39, 0.29) is 12.7 Å². The van der Waals surface area contributed by atoms with E-state index < -0.39 is 0 Å². The van der Waals surface area contributed by atoms with Gasteiger partial charge in [0.15, 0.2) is 0 Å². The Balaban J connectivity index is 3.60. The minimum Gasteiger partial charge on any atom is -0.396 e. The molecule has 0 aliphatic rings. The SMILES string of the molecule is CCC(OCCOC)C(C)CCO. The number of hydrogen-bond acceptors (Lipinski definition) is 3. The van der Waals surface area contributed by atoms with E-state index >= 15 is 0 Å². The van der Waals surface area contributed by atoms with Crippen LogP contribution in [0.3, 0.4) is 0 Å². The highest BCUT2D eigenvalue weighted by Crippen LogP contribution is 2.14. The second kappa shape index (κ2) is 8.48. The number of rotatable bonds is 8. The van der Waals surface area contributed by atoms with Crippen molar-refractivity contribution in [1.29, 1.82) is 0 Å². The Labute approximate surface area is 81.0 Å². The van der Waals surface area contributed by atoms with Gasteiger partial charge in [-0.2, -0.15) is 0 Å². The lowest BCUT2D eigenvalue weighted by Gasteiger charge is -2.22. The molecule has 0 heterocycles. The van der Waals surface area contributed by atoms with E-state index in [1.807, 2.05) is 0 Å². The van der Waals surface area contributed by atoms with Crippen molar-refractivity contribution in [3.8, 4) is 0 Å². The zero-order valence-electron chi connectivity index (χ0n) is 8.95. The van der Waals surface area contributed by atoms with Crippen molar-refractivity contribution in [2.75, 3.05) is 26.9 Å². The van der Waals surface area contributed by atoms with Crippen LogP contribution in [-0.4, -0.2) is 38.1 Å². The molecule has 0 saturated carbocycles. The second-order valence-corrected chi connectivity index (χ2v) is 3.30. The molecule has 0 spiro atoms. The summed E-state index contributed by atoms with van der Waals surface area (Å²) < 4.78 is 10.5. The van der Waals surface area contributed by atoms with Crippen LogP contribution in [-0.2, 0) is 9.47 Å². The third-order valence-corrected chi connectivity index (χ3v) is 2.24. The summed E-state index contributed by atoms with van der Waals surface area (Å²) in [5.41, 5.74) is 0. The Kier molecular flexibility index (Phi) is 8.40. The van der Waals surface area contributed by atoms with E-state index in [0.717, 1.165) is 12.8 Å². The topological polar surface area (TPSA) is 38.7 Å². The third-order valence-electron chi connectivity index (χ3n) is 2.24. The molecule has 1 N–H and O–H groups in total. The van der Waals surface area contributed by atoms with Gasteiger partial charge in [0.05, 0.1) is 19.3 Å². The van der Waals surface area contributed by atoms with Gasteiger partial charge < -0.3 is 14.6 Å². The highest BCUT2D eigenvalue weighted by atomic mass is 16.5. The first-order chi connectivity index (χ1) is 6.26. The Hall–Kier alpha value is -0.120. The predicted molar refractivity (Wildman–Crippen MR) is 52.8 cm³/mol. The monoisotopic (exact) mass is 190 g/mol. The van der Waals surface area contributed by atoms with Crippen molar-refractivity contribution in [1.82, 2.24) is 0 Å². The van der Waals surface area contributed by atoms with Gasteiger partial charge in [-0.1, -0.05) is 13.8 Å². The maximum atomic E-state index is 8.77. The number of aliphatic hydroxyl groups excluding tert-OH is 1. The highest BCUT2D eigenvalue weighted by Gasteiger charge is 2.14. The van der Waals surface area contributed by atoms with Crippen LogP contribution in [0.25, 0.3) is 0 Å². The van der Waals surface area contributed by atoms with Crippen LogP contribution in [0, 0.1) is 5.92 Å². The molecule has 0 saturated heterocycles. The quantitative estimate of drug-likeness (QED) is 0.589. The molecule has 0 aromatic carbocycles. The number of ether oxygens (including phenoxy) is 2. The summed E-state index contributed by atoms with van der Waals surface area (Å²) in [7, 11) is 1.67. The normalized spacial score (nSPS) is 15.7. The van der Waals surface area contributed by atoms with E-state index in [4.69, 9.17) is 14.6 Å². The average molecular weight is 190 g/mol. The summed E-state index contributed by atoms with van der Waals surface area (Å²) in [6.45, 7) is 5.74. The molecule has 2 unspecified atom stereocenters. The first-order valence-corrected chi connectivity index (χ1v) is 4.97. The molecule has 13 heavy (non-hydrogen) atoms. The average Bonchev–Trinajstić information content (AvgIpc) is 2.13. The lowest BCUT2D eigenvalue weighted by molar-refractivity contribution is -0.0158. The van der Waals surface area contributed by atoms with Crippen molar-refractivity contribution in [3.63, 3.8) is 0 Å². The molecule has 0 amide bonds. The van der Waals surface area contributed by atoms with Crippen molar-refractivity contribution in [2.24, 2.45) is 5.92 Å². The highest BCUT2D eigenvalue weighted by molar-refractivity contribution is 4.64. The number of methoxy groups -OCH3 is 1. The van der Waals surface area contributed by atoms with Gasteiger partial charge in [-0.05, 0) is 18.8 Å². The molecule has 3 heteroatoms. The van der Waals surface area contributed by atoms with Crippen molar-refractivity contribution in [3.05, 3.63) is 0 Å². The van der Waals surface area contributed by atoms with Gasteiger partial charge in [-0.3, -0.25) is 0 Å². The van der Waals surface area contributed by atoms with E-state index in [1.54, 1.807) is 7.11 Å². The molecule has 0 aliphatic heterocycles. The van der Waals surface area contributed by atoms with Crippen LogP contribution in [0.5, 0.6) is 0 Å². The molecule has 0 aromatic heterocycles. The smallest absolute Gasteiger partial charge is 0.0704 e. The molecule has 3 nitrogen and oxygen atoms in total. The van der Waals surface area contributed by atoms with Crippen LogP contribution in [0.2, 0.25) is 0 Å². The molecule has 0 radical (unpaired) electrons. The van der Waals surface area contributed by atoms with Crippen molar-refractivity contribution in [2.45, 2.75) is 32.8 Å². The van der Waals surface area contributed by atoms with Gasteiger partial charge >= 0.3 is 0 Å². The first-order valence-electron chi connectivity index (χ1n) is 4.97. The molecular weight excluding hydrogens is 168 g/mol. The van der Waals surface area contributed by atoms with Gasteiger partial charge in [0, 0.05) is 13.7 Å². The zero-order chi connectivity index (χ0) is 10.1. The molecule has 0 rings (SSSR count). The van der Waals surface area contributed by atoms with Gasteiger partial charge in [0.25, 0.3) is 0 Å². The summed E-state index contributed by atoms with van der Waals surface area (Å²) >= 11 is 0. The van der Waals surface area contributed by atoms with Crippen LogP contribution in [0.4, 0.5) is 0 Å². The predicted octanol–water partition coefficient (Wildman–Crippen LogP) is 1.45. The van der Waals surface area contributed by atoms with E-state index in [2.05, 4.69) is 13.8 Å². The summed E-state index contributed by atoms with van der Waals surface area (Å²) in [5, 5.41) is 8.77. The van der Waals surface area contributed by atoms with Gasteiger partial charge in [-0.25, -0.2) is 0 Å². The number of aliphatic hydroxyl groups is 1. The Morgan fingerprint density at radius 2 is 2.00 bits per heavy atom. The first kappa shape index (κ1) is 12.9. The van der Waals surface area contributed by atoms with E-state index in [0.29, 0.717) is 19.1 Å². The van der Waals surface area contributed by atoms with Crippen molar-refractivity contribution < 1.29 is 14.6 Å². The van der Waals surface area contributed by atoms with Gasteiger partial charge in [0.2, 0.25) is 0 Å². The fourth-order valence-electron chi connectivity index (χ4n) is 1.36. The minimum atomic E-state index is 0.241. The summed E-state index contributed by atoms with van der Waals surface area (Å²) in [5.74, 6) is 0.423. The standard InChI is InChI=1S/C10H22O3/c1-4-10(9(2)5-6-11)13-8-7-12-3/h9-11H,4-8H2,1-3H3. The van der Waals surface area contributed by atoms with Crippen LogP contribution < -0.4 is 0 Å². The fourth-order valence-corrected chi connectivity index (χ4v) is 1.36. The lowest BCUT2D eigenvalue weighted by Crippen LogP contribution is -2.23. The largest absolute Gasteiger partial charge is 0.396 e. The van der Waals surface area contributed by atoms with Gasteiger partial charge in [-0.15, -0.1) is 0 Å². The van der Waals surface area contributed by atoms with Gasteiger partial charge in [0.1, 0.15) is 0 Å². The summed E-state index contributed by atoms with van der Waals surface area (Å²) in [6, 6.07) is 0. The number of hydrogen-bond donors (Lipinski definition) is 1. The van der Waals surface area contributed by atoms with E-state index in [9.17, 15) is 0 Å². The Morgan fingerprint density at radius 3 is 2.46 bits per heavy atom. The van der Waals surface area contributed by atoms with Crippen LogP contribution in [0.1, 0.15) is 26.7 Å². The Morgan fingerprint density at radius 1 is 1.31 bits per heavy atom. The zero-order valence-corrected chi connectivity index (χ0v) is 8.95. The molecule has 0 bridgehead atoms. The van der Waals surface area contributed by atoms with Crippen molar-refractivity contribution >= 4 is 0 Å². The maximum Gasteiger partial charge on any atom is 0.0704 e. The van der Waals surface area contributed by atoms with Crippen LogP contribution >= 0.6 is 0 Å².